The number of nitrogens with zero attached hydrogens (tertiary/aromatic N) is 2. The predicted molar refractivity (Wildman–Crippen MR) is 125 cm³/mol. The molecule has 162 valence electrons. The molecule has 6 heteroatoms. The lowest BCUT2D eigenvalue weighted by Gasteiger charge is -2.35. The fraction of sp³-hybridized carbons (Fsp3) is 0.417. The van der Waals surface area contributed by atoms with E-state index in [-0.39, 0.29) is 23.7 Å². The van der Waals surface area contributed by atoms with Gasteiger partial charge in [0, 0.05) is 37.4 Å². The van der Waals surface area contributed by atoms with Gasteiger partial charge in [-0.1, -0.05) is 51.1 Å². The van der Waals surface area contributed by atoms with Crippen LogP contribution in [0.3, 0.4) is 0 Å². The molecule has 30 heavy (non-hydrogen) atoms. The molecular formula is C24H32ClN3O2. The maximum absolute atomic E-state index is 13.4. The number of nitrogens with one attached hydrogen (secondary N) is 1. The van der Waals surface area contributed by atoms with Gasteiger partial charge >= 0.3 is 0 Å². The van der Waals surface area contributed by atoms with Crippen molar-refractivity contribution in [2.45, 2.75) is 40.3 Å². The Balaban J connectivity index is 2.48. The summed E-state index contributed by atoms with van der Waals surface area (Å²) in [6.45, 7) is 8.27. The molecule has 2 amide bonds. The first-order valence-electron chi connectivity index (χ1n) is 10.1. The highest BCUT2D eigenvalue weighted by molar-refractivity contribution is 6.29. The predicted octanol–water partition coefficient (Wildman–Crippen LogP) is 5.07. The third-order valence-electron chi connectivity index (χ3n) is 4.96. The number of anilines is 2. The highest BCUT2D eigenvalue weighted by Crippen LogP contribution is 2.32. The van der Waals surface area contributed by atoms with Crippen LogP contribution in [-0.4, -0.2) is 36.7 Å². The molecule has 1 atom stereocenters. The molecular weight excluding hydrogens is 398 g/mol. The number of amides is 2. The minimum Gasteiger partial charge on any atom is -0.377 e. The Morgan fingerprint density at radius 3 is 2.23 bits per heavy atom. The quantitative estimate of drug-likeness (QED) is 0.625. The molecule has 0 saturated heterocycles. The molecule has 0 aromatic heterocycles. The number of hydrogen-bond donors (Lipinski definition) is 1. The molecule has 2 rings (SSSR count). The lowest BCUT2D eigenvalue weighted by atomic mass is 9.92. The second kappa shape index (κ2) is 9.98. The fourth-order valence-electron chi connectivity index (χ4n) is 3.33. The number of hydrogen-bond acceptors (Lipinski definition) is 3. The van der Waals surface area contributed by atoms with Crippen LogP contribution in [0.25, 0.3) is 0 Å². The number of rotatable bonds is 7. The average Bonchev–Trinajstić information content (AvgIpc) is 2.70. The van der Waals surface area contributed by atoms with Gasteiger partial charge in [0.25, 0.3) is 0 Å². The first-order valence-corrected chi connectivity index (χ1v) is 10.6. The topological polar surface area (TPSA) is 52.7 Å². The first-order chi connectivity index (χ1) is 14.0. The zero-order valence-electron chi connectivity index (χ0n) is 18.7. The van der Waals surface area contributed by atoms with Gasteiger partial charge in [-0.05, 0) is 36.2 Å². The Morgan fingerprint density at radius 2 is 1.70 bits per heavy atom. The summed E-state index contributed by atoms with van der Waals surface area (Å²) < 4.78 is 0. The van der Waals surface area contributed by atoms with Crippen LogP contribution in [-0.2, 0) is 16.1 Å². The molecule has 0 heterocycles. The second-order valence-corrected chi connectivity index (χ2v) is 8.96. The SMILES string of the molecule is C[C@H](c1ccccc1)N(Cc1cc(NC(=O)CCl)ccc1N(C)C)C(=O)C(C)(C)C. The summed E-state index contributed by atoms with van der Waals surface area (Å²) in [6, 6.07) is 15.6. The van der Waals surface area contributed by atoms with E-state index in [9.17, 15) is 9.59 Å². The van der Waals surface area contributed by atoms with Crippen molar-refractivity contribution in [2.75, 3.05) is 30.2 Å². The van der Waals surface area contributed by atoms with Crippen LogP contribution in [0.2, 0.25) is 0 Å². The van der Waals surface area contributed by atoms with Gasteiger partial charge in [0.05, 0.1) is 6.04 Å². The minimum atomic E-state index is -0.522. The average molecular weight is 430 g/mol. The van der Waals surface area contributed by atoms with E-state index in [1.807, 2.05) is 100 Å². The molecule has 0 bridgehead atoms. The summed E-state index contributed by atoms with van der Waals surface area (Å²) in [7, 11) is 3.93. The van der Waals surface area contributed by atoms with E-state index in [1.54, 1.807) is 0 Å². The normalized spacial score (nSPS) is 12.2. The summed E-state index contributed by atoms with van der Waals surface area (Å²) in [5, 5.41) is 2.80. The van der Waals surface area contributed by atoms with Crippen molar-refractivity contribution in [1.82, 2.24) is 4.90 Å². The van der Waals surface area contributed by atoms with Crippen molar-refractivity contribution < 1.29 is 9.59 Å². The Labute approximate surface area is 185 Å². The maximum Gasteiger partial charge on any atom is 0.239 e. The summed E-state index contributed by atoms with van der Waals surface area (Å²) in [4.78, 5) is 29.1. The van der Waals surface area contributed by atoms with Crippen molar-refractivity contribution in [3.05, 3.63) is 59.7 Å². The molecule has 0 aliphatic carbocycles. The largest absolute Gasteiger partial charge is 0.377 e. The van der Waals surface area contributed by atoms with Crippen molar-refractivity contribution >= 4 is 34.8 Å². The van der Waals surface area contributed by atoms with E-state index < -0.39 is 5.41 Å². The monoisotopic (exact) mass is 429 g/mol. The van der Waals surface area contributed by atoms with Gasteiger partial charge in [-0.15, -0.1) is 11.6 Å². The van der Waals surface area contributed by atoms with Gasteiger partial charge < -0.3 is 15.1 Å². The summed E-state index contributed by atoms with van der Waals surface area (Å²) in [6.07, 6.45) is 0. The van der Waals surface area contributed by atoms with E-state index in [4.69, 9.17) is 11.6 Å². The molecule has 0 spiro atoms. The van der Waals surface area contributed by atoms with Crippen LogP contribution in [0.1, 0.15) is 44.9 Å². The zero-order valence-corrected chi connectivity index (χ0v) is 19.5. The maximum atomic E-state index is 13.4. The van der Waals surface area contributed by atoms with Crippen LogP contribution in [0.4, 0.5) is 11.4 Å². The fourth-order valence-corrected chi connectivity index (χ4v) is 3.40. The molecule has 0 saturated carbocycles. The van der Waals surface area contributed by atoms with E-state index in [0.717, 1.165) is 16.8 Å². The molecule has 1 N–H and O–H groups in total. The van der Waals surface area contributed by atoms with Crippen molar-refractivity contribution in [3.63, 3.8) is 0 Å². The van der Waals surface area contributed by atoms with Crippen LogP contribution in [0, 0.1) is 5.41 Å². The first kappa shape index (κ1) is 23.7. The molecule has 5 nitrogen and oxygen atoms in total. The highest BCUT2D eigenvalue weighted by atomic mass is 35.5. The van der Waals surface area contributed by atoms with E-state index in [0.29, 0.717) is 12.2 Å². The smallest absolute Gasteiger partial charge is 0.239 e. The standard InChI is InChI=1S/C24H32ClN3O2/c1-17(18-10-8-7-9-11-18)28(23(30)24(2,3)4)16-19-14-20(26-22(29)15-25)12-13-21(19)27(5)6/h7-14,17H,15-16H2,1-6H3,(H,26,29)/t17-/m1/s1. The van der Waals surface area contributed by atoms with Gasteiger partial charge in [0.2, 0.25) is 11.8 Å². The summed E-state index contributed by atoms with van der Waals surface area (Å²) in [5.41, 5.74) is 3.16. The number of alkyl halides is 1. The molecule has 2 aromatic rings. The molecule has 0 fully saturated rings. The van der Waals surface area contributed by atoms with Crippen LogP contribution in [0.15, 0.2) is 48.5 Å². The number of benzene rings is 2. The van der Waals surface area contributed by atoms with Gasteiger partial charge in [-0.25, -0.2) is 0 Å². The molecule has 0 unspecified atom stereocenters. The Kier molecular flexibility index (Phi) is 7.90. The second-order valence-electron chi connectivity index (χ2n) is 8.69. The van der Waals surface area contributed by atoms with Crippen LogP contribution >= 0.6 is 11.6 Å². The Bertz CT molecular complexity index is 876. The summed E-state index contributed by atoms with van der Waals surface area (Å²) >= 11 is 5.64. The minimum absolute atomic E-state index is 0.0683. The van der Waals surface area contributed by atoms with E-state index in [1.165, 1.54) is 0 Å². The van der Waals surface area contributed by atoms with Crippen LogP contribution < -0.4 is 10.2 Å². The Morgan fingerprint density at radius 1 is 1.07 bits per heavy atom. The van der Waals surface area contributed by atoms with E-state index >= 15 is 0 Å². The molecule has 0 aliphatic rings. The summed E-state index contributed by atoms with van der Waals surface area (Å²) in [5.74, 6) is -0.302. The molecule has 2 aromatic carbocycles. The number of halogens is 1. The van der Waals surface area contributed by atoms with Gasteiger partial charge in [0.15, 0.2) is 0 Å². The van der Waals surface area contributed by atoms with Crippen LogP contribution in [0.5, 0.6) is 0 Å². The molecule has 0 aliphatic heterocycles. The molecule has 0 radical (unpaired) electrons. The van der Waals surface area contributed by atoms with Gasteiger partial charge in [-0.2, -0.15) is 0 Å². The highest BCUT2D eigenvalue weighted by Gasteiger charge is 2.31. The number of carbonyl (C=O) groups excluding carboxylic acids is 2. The third-order valence-corrected chi connectivity index (χ3v) is 5.20. The number of carbonyl (C=O) groups is 2. The van der Waals surface area contributed by atoms with Gasteiger partial charge in [0.1, 0.15) is 5.88 Å². The van der Waals surface area contributed by atoms with Crippen molar-refractivity contribution in [1.29, 1.82) is 0 Å². The zero-order chi connectivity index (χ0) is 22.5. The Hall–Kier alpha value is -2.53. The third kappa shape index (κ3) is 5.99. The van der Waals surface area contributed by atoms with Crippen molar-refractivity contribution in [2.24, 2.45) is 5.41 Å². The van der Waals surface area contributed by atoms with Gasteiger partial charge in [-0.3, -0.25) is 9.59 Å². The lowest BCUT2D eigenvalue weighted by Crippen LogP contribution is -2.40. The van der Waals surface area contributed by atoms with E-state index in [2.05, 4.69) is 5.32 Å². The van der Waals surface area contributed by atoms with Crippen molar-refractivity contribution in [3.8, 4) is 0 Å². The lowest BCUT2D eigenvalue weighted by molar-refractivity contribution is -0.142.